The minimum absolute atomic E-state index is 0.191. The van der Waals surface area contributed by atoms with Crippen molar-refractivity contribution in [3.05, 3.63) is 0 Å². The third kappa shape index (κ3) is 7.32. The predicted octanol–water partition coefficient (Wildman–Crippen LogP) is 1.69. The maximum atomic E-state index is 11.7. The van der Waals surface area contributed by atoms with Gasteiger partial charge in [-0.15, -0.1) is 0 Å². The lowest BCUT2D eigenvalue weighted by molar-refractivity contribution is -0.142. The maximum Gasteiger partial charge on any atom is 0.407 e. The van der Waals surface area contributed by atoms with E-state index >= 15 is 0 Å². The minimum Gasteiger partial charge on any atom is -0.469 e. The van der Waals surface area contributed by atoms with Crippen LogP contribution in [0, 0.1) is 11.8 Å². The first-order valence-corrected chi connectivity index (χ1v) is 7.56. The van der Waals surface area contributed by atoms with Gasteiger partial charge >= 0.3 is 12.1 Å². The van der Waals surface area contributed by atoms with E-state index in [0.29, 0.717) is 13.0 Å². The standard InChI is InChI=1S/C15H28N2O4/c1-15(2,3)21-14(19)17-10-12-6-8-16-7-5-11(12)9-13(18)20-4/h11-12,16H,5-10H2,1-4H3,(H,17,19). The highest BCUT2D eigenvalue weighted by molar-refractivity contribution is 5.69. The number of alkyl carbamates (subject to hydrolysis) is 1. The van der Waals surface area contributed by atoms with Gasteiger partial charge in [0.25, 0.3) is 0 Å². The van der Waals surface area contributed by atoms with Gasteiger partial charge in [0.05, 0.1) is 7.11 Å². The van der Waals surface area contributed by atoms with Crippen LogP contribution in [0.2, 0.25) is 0 Å². The van der Waals surface area contributed by atoms with Gasteiger partial charge < -0.3 is 20.1 Å². The van der Waals surface area contributed by atoms with Gasteiger partial charge in [-0.1, -0.05) is 0 Å². The number of rotatable bonds is 4. The summed E-state index contributed by atoms with van der Waals surface area (Å²) in [5.74, 6) is 0.290. The van der Waals surface area contributed by atoms with Crippen LogP contribution < -0.4 is 10.6 Å². The fraction of sp³-hybridized carbons (Fsp3) is 0.867. The van der Waals surface area contributed by atoms with Crippen LogP contribution in [0.5, 0.6) is 0 Å². The van der Waals surface area contributed by atoms with Crippen molar-refractivity contribution in [3.63, 3.8) is 0 Å². The molecule has 0 aromatic carbocycles. The Labute approximate surface area is 126 Å². The Hall–Kier alpha value is -1.30. The Morgan fingerprint density at radius 2 is 1.81 bits per heavy atom. The molecular weight excluding hydrogens is 272 g/mol. The molecule has 1 heterocycles. The Balaban J connectivity index is 2.51. The zero-order valence-corrected chi connectivity index (χ0v) is 13.5. The van der Waals surface area contributed by atoms with Crippen molar-refractivity contribution >= 4 is 12.1 Å². The van der Waals surface area contributed by atoms with Gasteiger partial charge in [-0.25, -0.2) is 4.79 Å². The third-order valence-corrected chi connectivity index (χ3v) is 3.61. The number of nitrogens with one attached hydrogen (secondary N) is 2. The van der Waals surface area contributed by atoms with Crippen LogP contribution in [0.3, 0.4) is 0 Å². The molecule has 0 aromatic heterocycles. The Morgan fingerprint density at radius 1 is 1.19 bits per heavy atom. The van der Waals surface area contributed by atoms with Crippen LogP contribution in [0.15, 0.2) is 0 Å². The van der Waals surface area contributed by atoms with Gasteiger partial charge in [-0.3, -0.25) is 4.79 Å². The second kappa shape index (κ2) is 8.22. The van der Waals surface area contributed by atoms with E-state index in [1.54, 1.807) is 0 Å². The summed E-state index contributed by atoms with van der Waals surface area (Å²) >= 11 is 0. The number of carbonyl (C=O) groups is 2. The average Bonchev–Trinajstić information content (AvgIpc) is 2.59. The fourth-order valence-electron chi connectivity index (χ4n) is 2.53. The van der Waals surface area contributed by atoms with Crippen molar-refractivity contribution in [1.82, 2.24) is 10.6 Å². The third-order valence-electron chi connectivity index (χ3n) is 3.61. The molecule has 0 bridgehead atoms. The number of hydrogen-bond donors (Lipinski definition) is 2. The molecule has 122 valence electrons. The number of esters is 1. The fourth-order valence-corrected chi connectivity index (χ4v) is 2.53. The maximum absolute atomic E-state index is 11.7. The SMILES string of the molecule is COC(=O)CC1CCNCCC1CNC(=O)OC(C)(C)C. The summed E-state index contributed by atoms with van der Waals surface area (Å²) in [6.45, 7) is 7.83. The van der Waals surface area contributed by atoms with Crippen LogP contribution in [0.1, 0.15) is 40.0 Å². The molecule has 1 aliphatic heterocycles. The van der Waals surface area contributed by atoms with E-state index in [0.717, 1.165) is 25.9 Å². The number of hydrogen-bond acceptors (Lipinski definition) is 5. The van der Waals surface area contributed by atoms with Crippen molar-refractivity contribution in [2.24, 2.45) is 11.8 Å². The summed E-state index contributed by atoms with van der Waals surface area (Å²) < 4.78 is 10.0. The van der Waals surface area contributed by atoms with Crippen molar-refractivity contribution < 1.29 is 19.1 Å². The molecule has 0 aromatic rings. The molecule has 1 fully saturated rings. The molecule has 6 heteroatoms. The van der Waals surface area contributed by atoms with E-state index in [1.807, 2.05) is 20.8 Å². The minimum atomic E-state index is -0.499. The van der Waals surface area contributed by atoms with Crippen LogP contribution in [0.4, 0.5) is 4.79 Å². The first-order chi connectivity index (χ1) is 9.81. The summed E-state index contributed by atoms with van der Waals surface area (Å²) in [5.41, 5.74) is -0.499. The lowest BCUT2D eigenvalue weighted by Gasteiger charge is -2.25. The summed E-state index contributed by atoms with van der Waals surface area (Å²) in [5, 5.41) is 6.15. The number of amides is 1. The van der Waals surface area contributed by atoms with Gasteiger partial charge in [-0.2, -0.15) is 0 Å². The van der Waals surface area contributed by atoms with E-state index < -0.39 is 11.7 Å². The molecule has 0 saturated carbocycles. The number of carbonyl (C=O) groups excluding carboxylic acids is 2. The number of ether oxygens (including phenoxy) is 2. The molecule has 6 nitrogen and oxygen atoms in total. The second-order valence-electron chi connectivity index (χ2n) is 6.51. The van der Waals surface area contributed by atoms with Crippen molar-refractivity contribution in [3.8, 4) is 0 Å². The second-order valence-corrected chi connectivity index (χ2v) is 6.51. The molecule has 1 rings (SSSR count). The highest BCUT2D eigenvalue weighted by atomic mass is 16.6. The average molecular weight is 300 g/mol. The van der Waals surface area contributed by atoms with Gasteiger partial charge in [0.1, 0.15) is 5.60 Å². The van der Waals surface area contributed by atoms with Crippen molar-refractivity contribution in [1.29, 1.82) is 0 Å². The normalized spacial score (nSPS) is 23.0. The predicted molar refractivity (Wildman–Crippen MR) is 80.0 cm³/mol. The van der Waals surface area contributed by atoms with E-state index in [2.05, 4.69) is 10.6 Å². The zero-order chi connectivity index (χ0) is 15.9. The van der Waals surface area contributed by atoms with Gasteiger partial charge in [0, 0.05) is 13.0 Å². The Bertz CT molecular complexity index is 352. The molecule has 21 heavy (non-hydrogen) atoms. The van der Waals surface area contributed by atoms with E-state index in [9.17, 15) is 9.59 Å². The van der Waals surface area contributed by atoms with E-state index in [4.69, 9.17) is 9.47 Å². The molecule has 2 atom stereocenters. The van der Waals surface area contributed by atoms with Crippen LogP contribution >= 0.6 is 0 Å². The highest BCUT2D eigenvalue weighted by Gasteiger charge is 2.27. The van der Waals surface area contributed by atoms with Gasteiger partial charge in [-0.05, 0) is 58.5 Å². The first-order valence-electron chi connectivity index (χ1n) is 7.56. The molecule has 0 spiro atoms. The lowest BCUT2D eigenvalue weighted by atomic mass is 9.85. The number of methoxy groups -OCH3 is 1. The topological polar surface area (TPSA) is 76.7 Å². The summed E-state index contributed by atoms with van der Waals surface area (Å²) in [7, 11) is 1.41. The Kier molecular flexibility index (Phi) is 6.95. The largest absolute Gasteiger partial charge is 0.469 e. The van der Waals surface area contributed by atoms with Crippen LogP contribution in [-0.2, 0) is 14.3 Å². The molecule has 2 N–H and O–H groups in total. The summed E-state index contributed by atoms with van der Waals surface area (Å²) in [6, 6.07) is 0. The van der Waals surface area contributed by atoms with Crippen molar-refractivity contribution in [2.75, 3.05) is 26.7 Å². The smallest absolute Gasteiger partial charge is 0.407 e. The lowest BCUT2D eigenvalue weighted by Crippen LogP contribution is -2.37. The highest BCUT2D eigenvalue weighted by Crippen LogP contribution is 2.25. The van der Waals surface area contributed by atoms with Crippen molar-refractivity contribution in [2.45, 2.75) is 45.6 Å². The molecular formula is C15H28N2O4. The summed E-state index contributed by atoms with van der Waals surface area (Å²) in [4.78, 5) is 23.2. The zero-order valence-electron chi connectivity index (χ0n) is 13.5. The molecule has 1 amide bonds. The molecule has 0 aliphatic carbocycles. The molecule has 0 radical (unpaired) electrons. The Morgan fingerprint density at radius 3 is 2.38 bits per heavy atom. The molecule has 1 saturated heterocycles. The van der Waals surface area contributed by atoms with E-state index in [-0.39, 0.29) is 17.8 Å². The van der Waals surface area contributed by atoms with Crippen LogP contribution in [-0.4, -0.2) is 44.4 Å². The van der Waals surface area contributed by atoms with E-state index in [1.165, 1.54) is 7.11 Å². The quantitative estimate of drug-likeness (QED) is 0.773. The van der Waals surface area contributed by atoms with Gasteiger partial charge in [0.15, 0.2) is 0 Å². The molecule has 1 aliphatic rings. The molecule has 2 unspecified atom stereocenters. The first kappa shape index (κ1) is 17.8. The van der Waals surface area contributed by atoms with Gasteiger partial charge in [0.2, 0.25) is 0 Å². The summed E-state index contributed by atoms with van der Waals surface area (Å²) in [6.07, 6.45) is 1.84. The van der Waals surface area contributed by atoms with Crippen LogP contribution in [0.25, 0.3) is 0 Å². The monoisotopic (exact) mass is 300 g/mol.